The molecule has 2 aliphatic heterocycles. The van der Waals surface area contributed by atoms with Crippen molar-refractivity contribution in [3.05, 3.63) is 0 Å². The molecular formula is C37H60O11. The van der Waals surface area contributed by atoms with Gasteiger partial charge in [0.1, 0.15) is 30.5 Å². The van der Waals surface area contributed by atoms with Gasteiger partial charge in [-0.1, -0.05) is 34.6 Å². The van der Waals surface area contributed by atoms with E-state index >= 15 is 0 Å². The van der Waals surface area contributed by atoms with E-state index in [1.165, 1.54) is 6.92 Å². The third-order valence-corrected chi connectivity index (χ3v) is 15.9. The lowest BCUT2D eigenvalue weighted by atomic mass is 9.41. The minimum atomic E-state index is -1.86. The van der Waals surface area contributed by atoms with E-state index in [9.17, 15) is 35.4 Å². The molecule has 0 aromatic carbocycles. The summed E-state index contributed by atoms with van der Waals surface area (Å²) in [4.78, 5) is 12.1. The van der Waals surface area contributed by atoms with Crippen LogP contribution in [0.4, 0.5) is 0 Å². The Morgan fingerprint density at radius 2 is 1.58 bits per heavy atom. The van der Waals surface area contributed by atoms with Crippen LogP contribution in [0.3, 0.4) is 0 Å². The molecule has 5 saturated carbocycles. The molecule has 7 aliphatic rings. The lowest BCUT2D eigenvalue weighted by Crippen LogP contribution is -2.62. The SMILES string of the molecule is CC(=O)O[C@@H]([C@H]1C[C@@H](C)[C@H]2[C@@](O)(O1)[C@H](O)[C@@]1(C)[C@@H]3CC[C@H]4C(C)(C)C(O[C@@H]5OCC(O)[C@H](O)[C@H]5O)CC[C@@]45C[C@@]35CC[C@]21C)C(C)(C)O. The fourth-order valence-electron chi connectivity index (χ4n) is 13.8. The smallest absolute Gasteiger partial charge is 0.303 e. The highest BCUT2D eigenvalue weighted by Crippen LogP contribution is 2.89. The quantitative estimate of drug-likeness (QED) is 0.186. The first-order valence-corrected chi connectivity index (χ1v) is 18.4. The Morgan fingerprint density at radius 3 is 2.23 bits per heavy atom. The van der Waals surface area contributed by atoms with Crippen LogP contribution in [-0.2, 0) is 23.7 Å². The van der Waals surface area contributed by atoms with Gasteiger partial charge < -0.3 is 49.6 Å². The lowest BCUT2D eigenvalue weighted by molar-refractivity contribution is -0.342. The van der Waals surface area contributed by atoms with Gasteiger partial charge in [-0.2, -0.15) is 0 Å². The van der Waals surface area contributed by atoms with Crippen molar-refractivity contribution >= 4 is 5.97 Å². The molecule has 17 atom stereocenters. The fourth-order valence-corrected chi connectivity index (χ4v) is 13.8. The van der Waals surface area contributed by atoms with Crippen molar-refractivity contribution in [2.24, 2.45) is 50.7 Å². The largest absolute Gasteiger partial charge is 0.457 e. The summed E-state index contributed by atoms with van der Waals surface area (Å²) < 4.78 is 24.2. The summed E-state index contributed by atoms with van der Waals surface area (Å²) >= 11 is 0. The van der Waals surface area contributed by atoms with Gasteiger partial charge in [0.25, 0.3) is 0 Å². The third-order valence-electron chi connectivity index (χ3n) is 15.9. The maximum atomic E-state index is 12.6. The second kappa shape index (κ2) is 10.8. The third kappa shape index (κ3) is 4.41. The molecule has 7 rings (SSSR count). The van der Waals surface area contributed by atoms with Crippen molar-refractivity contribution in [2.75, 3.05) is 6.61 Å². The molecule has 2 unspecified atom stereocenters. The zero-order valence-electron chi connectivity index (χ0n) is 30.0. The fraction of sp³-hybridized carbons (Fsp3) is 0.973. The Balaban J connectivity index is 1.17. The highest BCUT2D eigenvalue weighted by atomic mass is 16.7. The summed E-state index contributed by atoms with van der Waals surface area (Å²) in [5, 5.41) is 67.0. The molecule has 274 valence electrons. The Bertz CT molecular complexity index is 1300. The van der Waals surface area contributed by atoms with Gasteiger partial charge in [0.15, 0.2) is 18.2 Å². The number of carbonyl (C=O) groups is 1. The van der Waals surface area contributed by atoms with E-state index in [1.54, 1.807) is 13.8 Å². The van der Waals surface area contributed by atoms with Crippen LogP contribution in [0.1, 0.15) is 107 Å². The summed E-state index contributed by atoms with van der Waals surface area (Å²) in [5.41, 5.74) is -2.59. The van der Waals surface area contributed by atoms with E-state index in [1.807, 2.05) is 0 Å². The Labute approximate surface area is 284 Å². The van der Waals surface area contributed by atoms with Crippen LogP contribution < -0.4 is 0 Å². The molecule has 48 heavy (non-hydrogen) atoms. The van der Waals surface area contributed by atoms with Crippen molar-refractivity contribution in [3.63, 3.8) is 0 Å². The molecule has 0 aromatic rings. The first-order valence-electron chi connectivity index (χ1n) is 18.4. The van der Waals surface area contributed by atoms with Crippen LogP contribution in [0.15, 0.2) is 0 Å². The first-order chi connectivity index (χ1) is 22.1. The number of aliphatic hydroxyl groups excluding tert-OH is 4. The molecule has 0 bridgehead atoms. The molecule has 7 fully saturated rings. The van der Waals surface area contributed by atoms with Gasteiger partial charge in [-0.15, -0.1) is 0 Å². The van der Waals surface area contributed by atoms with Gasteiger partial charge in [-0.3, -0.25) is 4.79 Å². The normalized spacial score (nSPS) is 56.1. The first kappa shape index (κ1) is 35.5. The van der Waals surface area contributed by atoms with Crippen LogP contribution in [0.2, 0.25) is 0 Å². The molecule has 6 N–H and O–H groups in total. The minimum Gasteiger partial charge on any atom is -0.457 e. The lowest BCUT2D eigenvalue weighted by Gasteiger charge is -2.63. The maximum absolute atomic E-state index is 12.6. The average Bonchev–Trinajstić information content (AvgIpc) is 3.62. The summed E-state index contributed by atoms with van der Waals surface area (Å²) in [5.74, 6) is -2.26. The molecule has 0 amide bonds. The van der Waals surface area contributed by atoms with E-state index in [-0.39, 0.29) is 46.7 Å². The van der Waals surface area contributed by atoms with E-state index in [0.717, 1.165) is 44.9 Å². The summed E-state index contributed by atoms with van der Waals surface area (Å²) in [6.45, 7) is 15.4. The number of fused-ring (bicyclic) bond motifs is 4. The summed E-state index contributed by atoms with van der Waals surface area (Å²) in [7, 11) is 0. The summed E-state index contributed by atoms with van der Waals surface area (Å²) in [6, 6.07) is 0. The Morgan fingerprint density at radius 1 is 0.938 bits per heavy atom. The molecule has 0 aromatic heterocycles. The van der Waals surface area contributed by atoms with Crippen LogP contribution in [0.5, 0.6) is 0 Å². The standard InChI is InChI=1S/C37H60O11/c1-18-15-21(28(32(5,6)43)46-19(2)38)48-37(44)27(18)33(7)13-14-36-17-35(36)12-11-24(47-29-26(41)25(40)20(39)16-45-29)31(3,4)22(35)9-10-23(36)34(33,8)30(37)42/h18,20-30,39-44H,9-17H2,1-8H3/t18-,20?,21-,22+,23+,24?,25+,26-,27-,28+,29+,30-,33-,34-,35-,36+,37-/m1/s1. The highest BCUT2D eigenvalue weighted by Gasteiger charge is 2.86. The van der Waals surface area contributed by atoms with Crippen LogP contribution >= 0.6 is 0 Å². The second-order valence-corrected chi connectivity index (χ2v) is 18.8. The van der Waals surface area contributed by atoms with Crippen LogP contribution in [-0.4, -0.2) is 104 Å². The monoisotopic (exact) mass is 680 g/mol. The summed E-state index contributed by atoms with van der Waals surface area (Å²) in [6.07, 6.45) is -0.902. The number of esters is 1. The topological polar surface area (TPSA) is 175 Å². The zero-order valence-corrected chi connectivity index (χ0v) is 30.0. The van der Waals surface area contributed by atoms with Crippen LogP contribution in [0, 0.1) is 50.7 Å². The van der Waals surface area contributed by atoms with Gasteiger partial charge in [-0.05, 0) is 105 Å². The predicted octanol–water partition coefficient (Wildman–Crippen LogP) is 2.65. The van der Waals surface area contributed by atoms with Gasteiger partial charge in [0.05, 0.1) is 18.3 Å². The average molecular weight is 681 g/mol. The van der Waals surface area contributed by atoms with Crippen molar-refractivity contribution in [2.45, 2.75) is 167 Å². The van der Waals surface area contributed by atoms with Gasteiger partial charge >= 0.3 is 5.97 Å². The number of aliphatic hydroxyl groups is 6. The highest BCUT2D eigenvalue weighted by molar-refractivity contribution is 5.66. The van der Waals surface area contributed by atoms with Crippen molar-refractivity contribution < 1.29 is 54.4 Å². The Hall–Kier alpha value is -0.890. The molecule has 5 aliphatic carbocycles. The zero-order chi connectivity index (χ0) is 35.2. The molecule has 2 heterocycles. The maximum Gasteiger partial charge on any atom is 0.303 e. The number of hydrogen-bond donors (Lipinski definition) is 6. The van der Waals surface area contributed by atoms with Crippen LogP contribution in [0.25, 0.3) is 0 Å². The molecular weight excluding hydrogens is 620 g/mol. The number of hydrogen-bond acceptors (Lipinski definition) is 11. The number of rotatable bonds is 5. The van der Waals surface area contributed by atoms with Gasteiger partial charge in [-0.25, -0.2) is 0 Å². The second-order valence-electron chi connectivity index (χ2n) is 18.8. The van der Waals surface area contributed by atoms with Crippen molar-refractivity contribution in [1.82, 2.24) is 0 Å². The van der Waals surface area contributed by atoms with E-state index in [4.69, 9.17) is 18.9 Å². The molecule has 2 saturated heterocycles. The molecule has 11 heteroatoms. The Kier molecular flexibility index (Phi) is 8.01. The number of ether oxygens (including phenoxy) is 4. The van der Waals surface area contributed by atoms with Gasteiger partial charge in [0.2, 0.25) is 0 Å². The van der Waals surface area contributed by atoms with Crippen molar-refractivity contribution in [3.8, 4) is 0 Å². The predicted molar refractivity (Wildman–Crippen MR) is 172 cm³/mol. The molecule has 0 radical (unpaired) electrons. The molecule has 11 nitrogen and oxygen atoms in total. The van der Waals surface area contributed by atoms with E-state index < -0.39 is 71.1 Å². The van der Waals surface area contributed by atoms with E-state index in [2.05, 4.69) is 34.6 Å². The molecule has 2 spiro atoms. The van der Waals surface area contributed by atoms with Gasteiger partial charge in [0, 0.05) is 18.3 Å². The minimum absolute atomic E-state index is 0.0222. The van der Waals surface area contributed by atoms with Crippen molar-refractivity contribution in [1.29, 1.82) is 0 Å². The van der Waals surface area contributed by atoms with E-state index in [0.29, 0.717) is 12.3 Å². The number of carbonyl (C=O) groups excluding carboxylic acids is 1.